The van der Waals surface area contributed by atoms with Crippen LogP contribution in [0.3, 0.4) is 0 Å². The lowest BCUT2D eigenvalue weighted by molar-refractivity contribution is 0.356. The summed E-state index contributed by atoms with van der Waals surface area (Å²) in [6.07, 6.45) is 1.35. The molecule has 3 heterocycles. The zero-order chi connectivity index (χ0) is 18.2. The van der Waals surface area contributed by atoms with Crippen LogP contribution in [0.5, 0.6) is 11.8 Å². The number of ether oxygens (including phenoxy) is 2. The Morgan fingerprint density at radius 1 is 1.28 bits per heavy atom. The quantitative estimate of drug-likeness (QED) is 0.510. The topological polar surface area (TPSA) is 121 Å². The zero-order valence-corrected chi connectivity index (χ0v) is 14.3. The third-order valence-electron chi connectivity index (χ3n) is 2.99. The van der Waals surface area contributed by atoms with Gasteiger partial charge in [0, 0.05) is 18.3 Å². The third kappa shape index (κ3) is 3.13. The highest BCUT2D eigenvalue weighted by Crippen LogP contribution is 2.31. The number of nitrogens with zero attached hydrogens (tertiary/aromatic N) is 5. The van der Waals surface area contributed by atoms with Gasteiger partial charge in [-0.1, -0.05) is 11.6 Å². The van der Waals surface area contributed by atoms with Gasteiger partial charge in [-0.15, -0.1) is 5.10 Å². The van der Waals surface area contributed by atoms with Gasteiger partial charge in [-0.2, -0.15) is 27.3 Å². The molecule has 0 unspecified atom stereocenters. The maximum absolute atomic E-state index is 13.4. The number of hydrogen-bond donors (Lipinski definition) is 1. The first-order chi connectivity index (χ1) is 11.9. The highest BCUT2D eigenvalue weighted by atomic mass is 35.5. The fourth-order valence-corrected chi connectivity index (χ4v) is 3.14. The van der Waals surface area contributed by atoms with Crippen LogP contribution in [-0.2, 0) is 10.0 Å². The number of methoxy groups -OCH3 is 2. The summed E-state index contributed by atoms with van der Waals surface area (Å²) >= 11 is 5.91. The highest BCUT2D eigenvalue weighted by Gasteiger charge is 2.25. The molecule has 0 spiro atoms. The van der Waals surface area contributed by atoms with E-state index in [1.807, 2.05) is 0 Å². The Bertz CT molecular complexity index is 1060. The number of pyridine rings is 1. The first-order valence-corrected chi connectivity index (χ1v) is 8.40. The molecule has 3 aromatic heterocycles. The summed E-state index contributed by atoms with van der Waals surface area (Å²) < 4.78 is 51.5. The summed E-state index contributed by atoms with van der Waals surface area (Å²) in [5.74, 6) is -0.747. The predicted molar refractivity (Wildman–Crippen MR) is 83.9 cm³/mol. The van der Waals surface area contributed by atoms with E-state index in [0.717, 1.165) is 10.6 Å². The molecule has 0 saturated heterocycles. The minimum Gasteiger partial charge on any atom is -0.494 e. The Balaban J connectivity index is 2.08. The first kappa shape index (κ1) is 17.1. The lowest BCUT2D eigenvalue weighted by Gasteiger charge is -2.10. The molecule has 0 amide bonds. The van der Waals surface area contributed by atoms with Gasteiger partial charge >= 0.3 is 6.01 Å². The minimum atomic E-state index is -4.27. The van der Waals surface area contributed by atoms with Crippen LogP contribution in [-0.4, -0.2) is 47.2 Å². The molecule has 25 heavy (non-hydrogen) atoms. The third-order valence-corrected chi connectivity index (χ3v) is 4.40. The summed E-state index contributed by atoms with van der Waals surface area (Å²) in [4.78, 5) is 11.0. The van der Waals surface area contributed by atoms with E-state index in [-0.39, 0.29) is 28.2 Å². The second kappa shape index (κ2) is 6.29. The Morgan fingerprint density at radius 3 is 2.72 bits per heavy atom. The molecule has 0 aliphatic rings. The number of anilines is 1. The molecule has 0 aromatic carbocycles. The van der Waals surface area contributed by atoms with Crippen molar-refractivity contribution in [1.29, 1.82) is 0 Å². The molecule has 132 valence electrons. The maximum Gasteiger partial charge on any atom is 0.322 e. The van der Waals surface area contributed by atoms with Gasteiger partial charge in [-0.25, -0.2) is 4.98 Å². The summed E-state index contributed by atoms with van der Waals surface area (Å²) in [5, 5.41) is 3.01. The van der Waals surface area contributed by atoms with Crippen molar-refractivity contribution in [2.75, 3.05) is 18.9 Å². The van der Waals surface area contributed by atoms with Crippen molar-refractivity contribution in [1.82, 2.24) is 24.6 Å². The lowest BCUT2D eigenvalue weighted by atomic mass is 10.4. The number of fused-ring (bicyclic) bond motifs is 1. The average Bonchev–Trinajstić information content (AvgIpc) is 3.00. The second-order valence-electron chi connectivity index (χ2n) is 4.51. The van der Waals surface area contributed by atoms with Gasteiger partial charge in [-0.3, -0.25) is 4.72 Å². The van der Waals surface area contributed by atoms with E-state index in [1.54, 1.807) is 0 Å². The van der Waals surface area contributed by atoms with Gasteiger partial charge in [0.1, 0.15) is 11.4 Å². The summed E-state index contributed by atoms with van der Waals surface area (Å²) in [6.45, 7) is 0. The smallest absolute Gasteiger partial charge is 0.322 e. The van der Waals surface area contributed by atoms with E-state index in [4.69, 9.17) is 21.1 Å². The van der Waals surface area contributed by atoms with Crippen molar-refractivity contribution in [3.05, 3.63) is 29.4 Å². The molecule has 13 heteroatoms. The van der Waals surface area contributed by atoms with E-state index in [2.05, 4.69) is 24.8 Å². The number of halogens is 2. The predicted octanol–water partition coefficient (Wildman–Crippen LogP) is 1.13. The molecular weight excluding hydrogens is 379 g/mol. The molecular formula is C12H10ClFN6O4S. The molecule has 1 N–H and O–H groups in total. The zero-order valence-electron chi connectivity index (χ0n) is 12.8. The van der Waals surface area contributed by atoms with Crippen molar-refractivity contribution in [2.45, 2.75) is 5.16 Å². The highest BCUT2D eigenvalue weighted by molar-refractivity contribution is 7.92. The van der Waals surface area contributed by atoms with Crippen molar-refractivity contribution in [3.8, 4) is 11.8 Å². The number of aromatic nitrogens is 5. The number of rotatable bonds is 5. The van der Waals surface area contributed by atoms with Gasteiger partial charge in [0.25, 0.3) is 15.2 Å². The second-order valence-corrected chi connectivity index (χ2v) is 6.45. The standard InChI is InChI=1S/C12H10ClFN6O4S/c1-23-6-3-4-15-10(13)9(6)19-25(21,22)11-17-8-5-7(14)16-12(24-2)20(8)18-11/h3-5,19H,1-2H3. The Labute approximate surface area is 145 Å². The van der Waals surface area contributed by atoms with Crippen molar-refractivity contribution >= 4 is 33.0 Å². The van der Waals surface area contributed by atoms with Crippen LogP contribution in [0.4, 0.5) is 10.1 Å². The van der Waals surface area contributed by atoms with Gasteiger partial charge in [0.2, 0.25) is 5.95 Å². The van der Waals surface area contributed by atoms with Crippen LogP contribution in [0.25, 0.3) is 5.65 Å². The van der Waals surface area contributed by atoms with Crippen LogP contribution in [0.1, 0.15) is 0 Å². The maximum atomic E-state index is 13.4. The molecule has 0 atom stereocenters. The van der Waals surface area contributed by atoms with Gasteiger partial charge in [0.15, 0.2) is 10.8 Å². The van der Waals surface area contributed by atoms with Crippen LogP contribution in [0.15, 0.2) is 23.5 Å². The van der Waals surface area contributed by atoms with Crippen LogP contribution < -0.4 is 14.2 Å². The number of nitrogens with one attached hydrogen (secondary N) is 1. The van der Waals surface area contributed by atoms with Crippen LogP contribution in [0, 0.1) is 5.95 Å². The van der Waals surface area contributed by atoms with E-state index < -0.39 is 21.1 Å². The summed E-state index contributed by atoms with van der Waals surface area (Å²) in [6, 6.07) is 2.07. The molecule has 0 bridgehead atoms. The van der Waals surface area contributed by atoms with Crippen LogP contribution >= 0.6 is 11.6 Å². The lowest BCUT2D eigenvalue weighted by Crippen LogP contribution is -2.16. The molecule has 0 radical (unpaired) electrons. The van der Waals surface area contributed by atoms with E-state index in [0.29, 0.717) is 0 Å². The molecule has 3 aromatic rings. The fourth-order valence-electron chi connectivity index (χ4n) is 1.92. The van der Waals surface area contributed by atoms with Gasteiger partial charge < -0.3 is 9.47 Å². The average molecular weight is 389 g/mol. The van der Waals surface area contributed by atoms with Crippen molar-refractivity contribution in [3.63, 3.8) is 0 Å². The first-order valence-electron chi connectivity index (χ1n) is 6.54. The van der Waals surface area contributed by atoms with Crippen molar-refractivity contribution < 1.29 is 22.3 Å². The fraction of sp³-hybridized carbons (Fsp3) is 0.167. The molecule has 0 aliphatic heterocycles. The van der Waals surface area contributed by atoms with Gasteiger partial charge in [-0.05, 0) is 0 Å². The summed E-state index contributed by atoms with van der Waals surface area (Å²) in [7, 11) is -1.70. The van der Waals surface area contributed by atoms with Gasteiger partial charge in [0.05, 0.1) is 14.2 Å². The minimum absolute atomic E-state index is 0.0817. The largest absolute Gasteiger partial charge is 0.494 e. The van der Waals surface area contributed by atoms with E-state index >= 15 is 0 Å². The molecule has 3 rings (SSSR count). The van der Waals surface area contributed by atoms with E-state index in [9.17, 15) is 12.8 Å². The van der Waals surface area contributed by atoms with Crippen LogP contribution in [0.2, 0.25) is 5.15 Å². The molecule has 0 aliphatic carbocycles. The SMILES string of the molecule is COc1ccnc(Cl)c1NS(=O)(=O)c1nc2cc(F)nc(OC)n2n1. The summed E-state index contributed by atoms with van der Waals surface area (Å²) in [5.41, 5.74) is -0.184. The number of hydrogen-bond acceptors (Lipinski definition) is 8. The Hall–Kier alpha value is -2.73. The Morgan fingerprint density at radius 2 is 2.04 bits per heavy atom. The number of sulfonamides is 1. The van der Waals surface area contributed by atoms with Crippen molar-refractivity contribution in [2.24, 2.45) is 0 Å². The molecule has 10 nitrogen and oxygen atoms in total. The van der Waals surface area contributed by atoms with E-state index in [1.165, 1.54) is 26.5 Å². The molecule has 0 fully saturated rings. The molecule has 0 saturated carbocycles. The normalized spacial score (nSPS) is 11.5. The monoisotopic (exact) mass is 388 g/mol. The Kier molecular flexibility index (Phi) is 4.30.